The quantitative estimate of drug-likeness (QED) is 0.591. The molecule has 2 aromatic rings. The number of amides is 1. The Kier molecular flexibility index (Phi) is 8.08. The topological polar surface area (TPSA) is 101 Å². The second-order valence-electron chi connectivity index (χ2n) is 9.02. The van der Waals surface area contributed by atoms with Crippen LogP contribution in [0.2, 0.25) is 5.02 Å². The van der Waals surface area contributed by atoms with Gasteiger partial charge in [0.05, 0.1) is 17.2 Å². The van der Waals surface area contributed by atoms with Crippen molar-refractivity contribution in [3.63, 3.8) is 0 Å². The number of carbonyl (C=O) groups is 1. The van der Waals surface area contributed by atoms with Crippen molar-refractivity contribution >= 4 is 39.0 Å². The highest BCUT2D eigenvalue weighted by Gasteiger charge is 2.30. The molecule has 8 nitrogen and oxygen atoms in total. The number of halogens is 1. The van der Waals surface area contributed by atoms with Gasteiger partial charge < -0.3 is 15.4 Å². The van der Waals surface area contributed by atoms with E-state index in [1.54, 1.807) is 6.07 Å². The van der Waals surface area contributed by atoms with Gasteiger partial charge >= 0.3 is 0 Å². The Morgan fingerprint density at radius 2 is 2.03 bits per heavy atom. The first-order valence-electron chi connectivity index (χ1n) is 11.6. The number of sulfonamides is 1. The highest BCUT2D eigenvalue weighted by atomic mass is 35.5. The maximum atomic E-state index is 12.8. The summed E-state index contributed by atoms with van der Waals surface area (Å²) in [6.45, 7) is 3.17. The first-order valence-corrected chi connectivity index (χ1v) is 13.9. The van der Waals surface area contributed by atoms with Crippen LogP contribution in [0.5, 0.6) is 0 Å². The molecule has 0 spiro atoms. The Labute approximate surface area is 206 Å². The third-order valence-electron chi connectivity index (χ3n) is 6.44. The van der Waals surface area contributed by atoms with Crippen molar-refractivity contribution in [3.05, 3.63) is 41.6 Å². The van der Waals surface area contributed by atoms with Gasteiger partial charge in [-0.2, -0.15) is 0 Å². The summed E-state index contributed by atoms with van der Waals surface area (Å²) in [7, 11) is -3.32. The number of hydrogen-bond donors (Lipinski definition) is 2. The first-order chi connectivity index (χ1) is 16.3. The molecule has 0 bridgehead atoms. The van der Waals surface area contributed by atoms with Crippen LogP contribution < -0.4 is 10.6 Å². The monoisotopic (exact) mass is 506 g/mol. The normalized spacial score (nSPS) is 20.1. The lowest BCUT2D eigenvalue weighted by atomic mass is 9.98. The van der Waals surface area contributed by atoms with Crippen molar-refractivity contribution in [1.29, 1.82) is 0 Å². The van der Waals surface area contributed by atoms with Crippen molar-refractivity contribution < 1.29 is 17.9 Å². The Balaban J connectivity index is 1.44. The van der Waals surface area contributed by atoms with Crippen LogP contribution in [-0.4, -0.2) is 62.7 Å². The van der Waals surface area contributed by atoms with Crippen LogP contribution in [-0.2, 0) is 19.6 Å². The molecule has 34 heavy (non-hydrogen) atoms. The van der Waals surface area contributed by atoms with Crippen molar-refractivity contribution in [2.75, 3.05) is 49.7 Å². The zero-order valence-electron chi connectivity index (χ0n) is 19.3. The third kappa shape index (κ3) is 6.47. The molecule has 2 aliphatic rings. The molecule has 0 radical (unpaired) electrons. The Bertz CT molecular complexity index is 1120. The van der Waals surface area contributed by atoms with Crippen molar-refractivity contribution in [2.45, 2.75) is 25.7 Å². The van der Waals surface area contributed by atoms with Gasteiger partial charge in [-0.15, -0.1) is 0 Å². The molecule has 2 aliphatic heterocycles. The second-order valence-corrected chi connectivity index (χ2v) is 11.4. The molecule has 2 N–H and O–H groups in total. The number of nitrogens with zero attached hydrogens (tertiary/aromatic N) is 2. The number of hydrogen-bond acceptors (Lipinski definition) is 6. The van der Waals surface area contributed by atoms with E-state index < -0.39 is 15.9 Å². The van der Waals surface area contributed by atoms with Crippen LogP contribution in [0.15, 0.2) is 36.5 Å². The van der Waals surface area contributed by atoms with E-state index in [1.165, 1.54) is 16.8 Å². The van der Waals surface area contributed by atoms with Gasteiger partial charge in [-0.3, -0.25) is 4.79 Å². The molecule has 1 unspecified atom stereocenters. The van der Waals surface area contributed by atoms with Crippen molar-refractivity contribution in [3.8, 4) is 11.1 Å². The molecular formula is C24H31ClN4O4S. The fourth-order valence-electron chi connectivity index (χ4n) is 4.42. The summed E-state index contributed by atoms with van der Waals surface area (Å²) < 4.78 is 30.5. The van der Waals surface area contributed by atoms with Gasteiger partial charge in [0.1, 0.15) is 5.82 Å². The lowest BCUT2D eigenvalue weighted by Gasteiger charge is -2.30. The van der Waals surface area contributed by atoms with E-state index in [-0.39, 0.29) is 12.5 Å². The Hall–Kier alpha value is -2.20. The van der Waals surface area contributed by atoms with E-state index in [0.717, 1.165) is 49.4 Å². The average Bonchev–Trinajstić information content (AvgIpc) is 2.84. The number of ether oxygens (including phenoxy) is 1. The van der Waals surface area contributed by atoms with E-state index in [4.69, 9.17) is 16.3 Å². The van der Waals surface area contributed by atoms with E-state index in [2.05, 4.69) is 15.6 Å². The first kappa shape index (κ1) is 24.9. The molecule has 3 heterocycles. The van der Waals surface area contributed by atoms with E-state index in [9.17, 15) is 13.2 Å². The highest BCUT2D eigenvalue weighted by Crippen LogP contribution is 2.31. The number of aromatic nitrogens is 1. The van der Waals surface area contributed by atoms with Crippen molar-refractivity contribution in [1.82, 2.24) is 9.29 Å². The molecule has 1 amide bonds. The zero-order valence-corrected chi connectivity index (χ0v) is 20.9. The van der Waals surface area contributed by atoms with Gasteiger partial charge in [0.2, 0.25) is 15.9 Å². The largest absolute Gasteiger partial charge is 0.385 e. The van der Waals surface area contributed by atoms with Crippen LogP contribution in [0.25, 0.3) is 11.1 Å². The fourth-order valence-corrected chi connectivity index (χ4v) is 5.55. The molecule has 1 aromatic heterocycles. The average molecular weight is 507 g/mol. The lowest BCUT2D eigenvalue weighted by Crippen LogP contribution is -2.43. The van der Waals surface area contributed by atoms with Crippen LogP contribution >= 0.6 is 11.6 Å². The van der Waals surface area contributed by atoms with Crippen LogP contribution in [0.4, 0.5) is 11.5 Å². The minimum absolute atomic E-state index is 0.186. The molecule has 0 saturated carbocycles. The van der Waals surface area contributed by atoms with E-state index >= 15 is 0 Å². The number of piperidine rings is 1. The van der Waals surface area contributed by atoms with Crippen LogP contribution in [0.3, 0.4) is 0 Å². The maximum Gasteiger partial charge on any atom is 0.229 e. The summed E-state index contributed by atoms with van der Waals surface area (Å²) in [5.74, 6) is 0.340. The standard InChI is InChI=1S/C24H31ClN4O4S/c1-34(31,32)29-9-3-5-19(16-29)24(30)28-23-13-21(22(25)15-27-23)18-4-2-6-20(12-18)26-14-17-7-10-33-11-8-17/h2,4,6,12-13,15,17,19,26H,3,5,7-11,14,16H2,1H3,(H,27,28,30). The maximum absolute atomic E-state index is 12.8. The second kappa shape index (κ2) is 11.0. The number of nitrogens with one attached hydrogen (secondary N) is 2. The summed E-state index contributed by atoms with van der Waals surface area (Å²) in [5.41, 5.74) is 2.69. The van der Waals surface area contributed by atoms with Gasteiger partial charge in [0, 0.05) is 50.3 Å². The number of anilines is 2. The van der Waals surface area contributed by atoms with E-state index in [0.29, 0.717) is 36.1 Å². The van der Waals surface area contributed by atoms with E-state index in [1.807, 2.05) is 24.3 Å². The zero-order chi connectivity index (χ0) is 24.1. The van der Waals surface area contributed by atoms with Gasteiger partial charge in [0.25, 0.3) is 0 Å². The summed E-state index contributed by atoms with van der Waals surface area (Å²) in [5, 5.41) is 6.85. The SMILES string of the molecule is CS(=O)(=O)N1CCCC(C(=O)Nc2cc(-c3cccc(NCC4CCOCC4)c3)c(Cl)cn2)C1. The highest BCUT2D eigenvalue weighted by molar-refractivity contribution is 7.88. The molecule has 2 saturated heterocycles. The van der Waals surface area contributed by atoms with Gasteiger partial charge in [-0.1, -0.05) is 23.7 Å². The lowest BCUT2D eigenvalue weighted by molar-refractivity contribution is -0.120. The number of rotatable bonds is 7. The van der Waals surface area contributed by atoms with Gasteiger partial charge in [0.15, 0.2) is 0 Å². The molecular weight excluding hydrogens is 476 g/mol. The molecule has 0 aliphatic carbocycles. The molecule has 2 fully saturated rings. The summed E-state index contributed by atoms with van der Waals surface area (Å²) >= 11 is 6.45. The predicted octanol–water partition coefficient (Wildman–Crippen LogP) is 3.85. The molecule has 1 atom stereocenters. The van der Waals surface area contributed by atoms with Gasteiger partial charge in [-0.25, -0.2) is 17.7 Å². The smallest absolute Gasteiger partial charge is 0.229 e. The fraction of sp³-hybridized carbons (Fsp3) is 0.500. The summed E-state index contributed by atoms with van der Waals surface area (Å²) in [4.78, 5) is 17.1. The molecule has 1 aromatic carbocycles. The third-order valence-corrected chi connectivity index (χ3v) is 8.01. The number of benzene rings is 1. The summed E-state index contributed by atoms with van der Waals surface area (Å²) in [6, 6.07) is 9.76. The number of carbonyl (C=O) groups excluding carboxylic acids is 1. The van der Waals surface area contributed by atoms with Crippen LogP contribution in [0.1, 0.15) is 25.7 Å². The minimum Gasteiger partial charge on any atom is -0.385 e. The minimum atomic E-state index is -3.32. The number of pyridine rings is 1. The predicted molar refractivity (Wildman–Crippen MR) is 134 cm³/mol. The summed E-state index contributed by atoms with van der Waals surface area (Å²) in [6.07, 6.45) is 6.12. The Morgan fingerprint density at radius 1 is 1.24 bits per heavy atom. The molecule has 4 rings (SSSR count). The van der Waals surface area contributed by atoms with Gasteiger partial charge in [-0.05, 0) is 55.4 Å². The van der Waals surface area contributed by atoms with Crippen molar-refractivity contribution in [2.24, 2.45) is 11.8 Å². The Morgan fingerprint density at radius 3 is 2.79 bits per heavy atom. The molecule has 10 heteroatoms. The molecule has 184 valence electrons. The van der Waals surface area contributed by atoms with Crippen LogP contribution in [0, 0.1) is 11.8 Å².